The lowest BCUT2D eigenvalue weighted by atomic mass is 10.3. The van der Waals surface area contributed by atoms with Crippen molar-refractivity contribution in [2.75, 3.05) is 0 Å². The average molecular weight is 202 g/mol. The summed E-state index contributed by atoms with van der Waals surface area (Å²) in [6, 6.07) is 5.36. The second kappa shape index (κ2) is 4.47. The van der Waals surface area contributed by atoms with Gasteiger partial charge in [-0.25, -0.2) is 0 Å². The minimum atomic E-state index is 0.366. The van der Waals surface area contributed by atoms with E-state index in [9.17, 15) is 0 Å². The summed E-state index contributed by atoms with van der Waals surface area (Å²) in [5.74, 6) is 1.04. The summed E-state index contributed by atoms with van der Waals surface area (Å²) >= 11 is 0. The number of rotatable bonds is 3. The van der Waals surface area contributed by atoms with Crippen LogP contribution in [0.3, 0.4) is 0 Å². The molecule has 2 heterocycles. The van der Waals surface area contributed by atoms with Crippen molar-refractivity contribution in [1.29, 1.82) is 0 Å². The molecular weight excluding hydrogens is 192 g/mol. The van der Waals surface area contributed by atoms with Crippen molar-refractivity contribution in [1.82, 2.24) is 15.2 Å². The summed E-state index contributed by atoms with van der Waals surface area (Å²) in [6.45, 7) is 0.366. The molecule has 0 fully saturated rings. The van der Waals surface area contributed by atoms with E-state index in [0.29, 0.717) is 18.2 Å². The van der Waals surface area contributed by atoms with Gasteiger partial charge in [0.25, 0.3) is 0 Å². The Morgan fingerprint density at radius 3 is 2.93 bits per heavy atom. The van der Waals surface area contributed by atoms with Gasteiger partial charge in [0, 0.05) is 18.3 Å². The molecule has 2 aromatic heterocycles. The Hall–Kier alpha value is -2.01. The molecule has 0 saturated carbocycles. The predicted octanol–water partition coefficient (Wildman–Crippen LogP) is 1.12. The highest BCUT2D eigenvalue weighted by molar-refractivity contribution is 5.28. The number of nitrogens with two attached hydrogens (primary N) is 1. The zero-order valence-electron chi connectivity index (χ0n) is 8.00. The van der Waals surface area contributed by atoms with Crippen LogP contribution in [0.1, 0.15) is 5.56 Å². The van der Waals surface area contributed by atoms with Crippen molar-refractivity contribution in [3.05, 3.63) is 42.4 Å². The molecule has 0 aromatic carbocycles. The molecule has 2 N–H and O–H groups in total. The first-order valence-electron chi connectivity index (χ1n) is 4.48. The van der Waals surface area contributed by atoms with Crippen LogP contribution in [0.15, 0.2) is 36.8 Å². The highest BCUT2D eigenvalue weighted by Gasteiger charge is 2.04. The molecule has 15 heavy (non-hydrogen) atoms. The summed E-state index contributed by atoms with van der Waals surface area (Å²) in [6.07, 6.45) is 4.86. The summed E-state index contributed by atoms with van der Waals surface area (Å²) < 4.78 is 5.48. The van der Waals surface area contributed by atoms with Crippen LogP contribution in [0.2, 0.25) is 0 Å². The first kappa shape index (κ1) is 9.54. The number of pyridine rings is 1. The fraction of sp³-hybridized carbons (Fsp3) is 0.100. The van der Waals surface area contributed by atoms with Gasteiger partial charge in [-0.2, -0.15) is 5.10 Å². The van der Waals surface area contributed by atoms with Gasteiger partial charge in [-0.15, -0.1) is 5.10 Å². The molecule has 2 aromatic rings. The maximum absolute atomic E-state index is 5.54. The number of aromatic nitrogens is 3. The van der Waals surface area contributed by atoms with Gasteiger partial charge in [-0.05, 0) is 18.2 Å². The van der Waals surface area contributed by atoms with Crippen molar-refractivity contribution < 1.29 is 4.74 Å². The molecule has 0 saturated heterocycles. The SMILES string of the molecule is NCc1ccnnc1Oc1cccnc1. The van der Waals surface area contributed by atoms with E-state index >= 15 is 0 Å². The van der Waals surface area contributed by atoms with Crippen LogP contribution in [-0.2, 0) is 6.54 Å². The molecular formula is C10H10N4O. The largest absolute Gasteiger partial charge is 0.436 e. The molecule has 5 heteroatoms. The van der Waals surface area contributed by atoms with E-state index in [4.69, 9.17) is 10.5 Å². The van der Waals surface area contributed by atoms with Crippen LogP contribution < -0.4 is 10.5 Å². The minimum absolute atomic E-state index is 0.366. The summed E-state index contributed by atoms with van der Waals surface area (Å²) in [5.41, 5.74) is 6.35. The average Bonchev–Trinajstić information content (AvgIpc) is 2.31. The second-order valence-electron chi connectivity index (χ2n) is 2.86. The molecule has 0 bridgehead atoms. The Morgan fingerprint density at radius 1 is 1.27 bits per heavy atom. The Morgan fingerprint density at radius 2 is 2.20 bits per heavy atom. The van der Waals surface area contributed by atoms with Gasteiger partial charge in [-0.3, -0.25) is 4.98 Å². The van der Waals surface area contributed by atoms with Gasteiger partial charge >= 0.3 is 0 Å². The Bertz CT molecular complexity index is 432. The van der Waals surface area contributed by atoms with Crippen LogP contribution in [0.5, 0.6) is 11.6 Å². The van der Waals surface area contributed by atoms with E-state index in [2.05, 4.69) is 15.2 Å². The van der Waals surface area contributed by atoms with Crippen LogP contribution in [0.25, 0.3) is 0 Å². The van der Waals surface area contributed by atoms with E-state index in [1.165, 1.54) is 0 Å². The van der Waals surface area contributed by atoms with E-state index in [1.54, 1.807) is 36.8 Å². The zero-order valence-corrected chi connectivity index (χ0v) is 8.00. The predicted molar refractivity (Wildman–Crippen MR) is 54.2 cm³/mol. The van der Waals surface area contributed by atoms with Gasteiger partial charge in [0.15, 0.2) is 0 Å². The molecule has 0 radical (unpaired) electrons. The number of hydrogen-bond acceptors (Lipinski definition) is 5. The monoisotopic (exact) mass is 202 g/mol. The molecule has 2 rings (SSSR count). The maximum Gasteiger partial charge on any atom is 0.243 e. The lowest BCUT2D eigenvalue weighted by Crippen LogP contribution is -2.02. The first-order chi connectivity index (χ1) is 7.40. The molecule has 5 nitrogen and oxygen atoms in total. The van der Waals surface area contributed by atoms with Crippen molar-refractivity contribution in [2.24, 2.45) is 5.73 Å². The van der Waals surface area contributed by atoms with Crippen LogP contribution in [-0.4, -0.2) is 15.2 Å². The van der Waals surface area contributed by atoms with Crippen LogP contribution >= 0.6 is 0 Å². The molecule has 0 amide bonds. The van der Waals surface area contributed by atoms with Crippen molar-refractivity contribution >= 4 is 0 Å². The van der Waals surface area contributed by atoms with E-state index in [0.717, 1.165) is 5.56 Å². The molecule has 0 aliphatic rings. The smallest absolute Gasteiger partial charge is 0.243 e. The first-order valence-corrected chi connectivity index (χ1v) is 4.48. The van der Waals surface area contributed by atoms with Crippen LogP contribution in [0, 0.1) is 0 Å². The molecule has 0 spiro atoms. The third-order valence-electron chi connectivity index (χ3n) is 1.83. The Kier molecular flexibility index (Phi) is 2.85. The molecule has 0 aliphatic carbocycles. The minimum Gasteiger partial charge on any atom is -0.436 e. The Balaban J connectivity index is 2.24. The third kappa shape index (κ3) is 2.26. The number of nitrogens with zero attached hydrogens (tertiary/aromatic N) is 3. The summed E-state index contributed by atoms with van der Waals surface area (Å²) in [7, 11) is 0. The second-order valence-corrected chi connectivity index (χ2v) is 2.86. The standard InChI is InChI=1S/C10H10N4O/c11-6-8-3-5-13-14-10(8)15-9-2-1-4-12-7-9/h1-5,7H,6,11H2. The number of ether oxygens (including phenoxy) is 1. The van der Waals surface area contributed by atoms with E-state index in [-0.39, 0.29) is 0 Å². The lowest BCUT2D eigenvalue weighted by molar-refractivity contribution is 0.446. The van der Waals surface area contributed by atoms with Gasteiger partial charge in [-0.1, -0.05) is 0 Å². The molecule has 76 valence electrons. The van der Waals surface area contributed by atoms with Crippen molar-refractivity contribution in [3.8, 4) is 11.6 Å². The fourth-order valence-corrected chi connectivity index (χ4v) is 1.10. The maximum atomic E-state index is 5.54. The van der Waals surface area contributed by atoms with Crippen molar-refractivity contribution in [3.63, 3.8) is 0 Å². The quantitative estimate of drug-likeness (QED) is 0.807. The van der Waals surface area contributed by atoms with Gasteiger partial charge in [0.2, 0.25) is 5.88 Å². The third-order valence-corrected chi connectivity index (χ3v) is 1.83. The summed E-state index contributed by atoms with van der Waals surface area (Å²) in [4.78, 5) is 3.93. The number of hydrogen-bond donors (Lipinski definition) is 1. The zero-order chi connectivity index (χ0) is 10.5. The molecule has 0 unspecified atom stereocenters. The normalized spacial score (nSPS) is 9.93. The van der Waals surface area contributed by atoms with Gasteiger partial charge in [0.05, 0.1) is 12.4 Å². The van der Waals surface area contributed by atoms with E-state index in [1.807, 2.05) is 0 Å². The Labute approximate surface area is 86.9 Å². The highest BCUT2D eigenvalue weighted by Crippen LogP contribution is 2.20. The topological polar surface area (TPSA) is 73.9 Å². The van der Waals surface area contributed by atoms with E-state index < -0.39 is 0 Å². The highest BCUT2D eigenvalue weighted by atomic mass is 16.5. The van der Waals surface area contributed by atoms with Crippen LogP contribution in [0.4, 0.5) is 0 Å². The lowest BCUT2D eigenvalue weighted by Gasteiger charge is -2.06. The van der Waals surface area contributed by atoms with Gasteiger partial charge in [0.1, 0.15) is 5.75 Å². The summed E-state index contributed by atoms with van der Waals surface area (Å²) in [5, 5.41) is 7.60. The van der Waals surface area contributed by atoms with Gasteiger partial charge < -0.3 is 10.5 Å². The molecule has 0 aliphatic heterocycles. The fourth-order valence-electron chi connectivity index (χ4n) is 1.10. The van der Waals surface area contributed by atoms with Crippen molar-refractivity contribution in [2.45, 2.75) is 6.54 Å². The molecule has 0 atom stereocenters.